The maximum Gasteiger partial charge on any atom is 0.268 e. The zero-order valence-electron chi connectivity index (χ0n) is 15.7. The van der Waals surface area contributed by atoms with Gasteiger partial charge in [0.1, 0.15) is 11.5 Å². The molecule has 0 aliphatic carbocycles. The predicted octanol–water partition coefficient (Wildman–Crippen LogP) is 2.67. The average molecular weight is 385 g/mol. The second-order valence-corrected chi connectivity index (χ2v) is 6.71. The van der Waals surface area contributed by atoms with E-state index < -0.39 is 0 Å². The monoisotopic (exact) mass is 385 g/mol. The van der Waals surface area contributed by atoms with Crippen LogP contribution in [0.25, 0.3) is 34.3 Å². The highest BCUT2D eigenvalue weighted by atomic mass is 16.4. The summed E-state index contributed by atoms with van der Waals surface area (Å²) in [6.07, 6.45) is 5.17. The maximum absolute atomic E-state index is 5.81. The Balaban J connectivity index is 1.44. The smallest absolute Gasteiger partial charge is 0.268 e. The molecule has 1 saturated heterocycles. The molecule has 144 valence electrons. The van der Waals surface area contributed by atoms with Crippen molar-refractivity contribution in [3.63, 3.8) is 0 Å². The van der Waals surface area contributed by atoms with E-state index >= 15 is 0 Å². The van der Waals surface area contributed by atoms with Gasteiger partial charge in [-0.2, -0.15) is 0 Å². The minimum absolute atomic E-state index is 0.342. The Hall–Kier alpha value is -3.65. The van der Waals surface area contributed by atoms with Crippen LogP contribution in [0.2, 0.25) is 0 Å². The lowest BCUT2D eigenvalue weighted by Crippen LogP contribution is -2.43. The first-order chi connectivity index (χ1) is 14.4. The molecule has 29 heavy (non-hydrogen) atoms. The van der Waals surface area contributed by atoms with Crippen molar-refractivity contribution in [3.8, 4) is 34.3 Å². The van der Waals surface area contributed by atoms with Crippen LogP contribution in [-0.2, 0) is 0 Å². The van der Waals surface area contributed by atoms with Crippen LogP contribution in [0.5, 0.6) is 0 Å². The summed E-state index contributed by atoms with van der Waals surface area (Å²) in [5, 5.41) is 11.6. The summed E-state index contributed by atoms with van der Waals surface area (Å²) in [5.41, 5.74) is 3.09. The summed E-state index contributed by atoms with van der Waals surface area (Å²) in [7, 11) is 0. The number of hydrogen-bond acceptors (Lipinski definition) is 8. The van der Waals surface area contributed by atoms with Gasteiger partial charge in [-0.3, -0.25) is 4.98 Å². The van der Waals surface area contributed by atoms with Crippen molar-refractivity contribution in [1.29, 1.82) is 0 Å². The third kappa shape index (κ3) is 3.70. The van der Waals surface area contributed by atoms with Gasteiger partial charge in [0.2, 0.25) is 5.89 Å². The van der Waals surface area contributed by atoms with E-state index in [0.29, 0.717) is 17.5 Å². The number of rotatable bonds is 4. The summed E-state index contributed by atoms with van der Waals surface area (Å²) in [6, 6.07) is 13.6. The lowest BCUT2D eigenvalue weighted by Gasteiger charge is -2.28. The second-order valence-electron chi connectivity index (χ2n) is 6.71. The van der Waals surface area contributed by atoms with Crippen molar-refractivity contribution in [2.24, 2.45) is 0 Å². The van der Waals surface area contributed by atoms with Crippen molar-refractivity contribution in [1.82, 2.24) is 30.5 Å². The second kappa shape index (κ2) is 7.76. The molecule has 8 heteroatoms. The molecule has 4 heterocycles. The lowest BCUT2D eigenvalue weighted by molar-refractivity contribution is 0.582. The molecule has 0 amide bonds. The number of anilines is 1. The summed E-state index contributed by atoms with van der Waals surface area (Å²) in [4.78, 5) is 15.8. The van der Waals surface area contributed by atoms with Crippen LogP contribution in [0.3, 0.4) is 0 Å². The molecule has 0 spiro atoms. The average Bonchev–Trinajstić information content (AvgIpc) is 3.31. The molecule has 1 aliphatic rings. The van der Waals surface area contributed by atoms with Crippen molar-refractivity contribution in [2.75, 3.05) is 31.1 Å². The van der Waals surface area contributed by atoms with Gasteiger partial charge in [0.25, 0.3) is 5.89 Å². The van der Waals surface area contributed by atoms with Gasteiger partial charge in [-0.1, -0.05) is 18.2 Å². The van der Waals surface area contributed by atoms with E-state index in [-0.39, 0.29) is 0 Å². The van der Waals surface area contributed by atoms with Gasteiger partial charge in [-0.05, 0) is 24.3 Å². The van der Waals surface area contributed by atoms with Crippen LogP contribution in [-0.4, -0.2) is 51.3 Å². The Morgan fingerprint density at radius 3 is 2.52 bits per heavy atom. The molecule has 0 atom stereocenters. The summed E-state index contributed by atoms with van der Waals surface area (Å²) < 4.78 is 5.81. The van der Waals surface area contributed by atoms with Crippen molar-refractivity contribution < 1.29 is 4.42 Å². The van der Waals surface area contributed by atoms with E-state index in [1.165, 1.54) is 0 Å². The number of hydrogen-bond donors (Lipinski definition) is 1. The molecule has 3 aromatic heterocycles. The molecule has 1 fully saturated rings. The van der Waals surface area contributed by atoms with Gasteiger partial charge in [0.05, 0.1) is 18.1 Å². The molecule has 1 N–H and O–H groups in total. The molecular formula is C21H19N7O. The lowest BCUT2D eigenvalue weighted by atomic mass is 10.2. The van der Waals surface area contributed by atoms with Gasteiger partial charge in [0.15, 0.2) is 0 Å². The molecule has 0 radical (unpaired) electrons. The van der Waals surface area contributed by atoms with Gasteiger partial charge in [-0.25, -0.2) is 9.97 Å². The van der Waals surface area contributed by atoms with Crippen LogP contribution >= 0.6 is 0 Å². The number of pyridine rings is 1. The fraction of sp³-hybridized carbons (Fsp3) is 0.190. The predicted molar refractivity (Wildman–Crippen MR) is 109 cm³/mol. The normalized spacial score (nSPS) is 14.1. The molecule has 0 bridgehead atoms. The molecule has 0 saturated carbocycles. The van der Waals surface area contributed by atoms with Crippen LogP contribution < -0.4 is 10.2 Å². The van der Waals surface area contributed by atoms with Crippen molar-refractivity contribution in [2.45, 2.75) is 0 Å². The third-order valence-corrected chi connectivity index (χ3v) is 4.78. The zero-order chi connectivity index (χ0) is 19.5. The minimum atomic E-state index is 0.342. The van der Waals surface area contributed by atoms with Gasteiger partial charge >= 0.3 is 0 Å². The quantitative estimate of drug-likeness (QED) is 0.573. The SMILES string of the molecule is c1ccc(-c2nnc(-c3cncc(-c4ccnc(N5CCNCC5)c4)n3)o2)cc1. The van der Waals surface area contributed by atoms with Crippen molar-refractivity contribution in [3.05, 3.63) is 61.1 Å². The number of nitrogens with zero attached hydrogens (tertiary/aromatic N) is 6. The molecule has 8 nitrogen and oxygen atoms in total. The van der Waals surface area contributed by atoms with E-state index in [9.17, 15) is 0 Å². The standard InChI is InChI=1S/C21H19N7O/c1-2-4-15(5-3-1)20-26-27-21(29-20)18-14-23-13-17(25-18)16-6-7-24-19(12-16)28-10-8-22-9-11-28/h1-7,12-14,22H,8-11H2. The van der Waals surface area contributed by atoms with Crippen molar-refractivity contribution >= 4 is 5.82 Å². The largest absolute Gasteiger partial charge is 0.415 e. The van der Waals surface area contributed by atoms with E-state index in [1.54, 1.807) is 18.6 Å². The zero-order valence-corrected chi connectivity index (χ0v) is 15.7. The molecule has 1 aliphatic heterocycles. The van der Waals surface area contributed by atoms with Gasteiger partial charge < -0.3 is 14.6 Å². The number of benzene rings is 1. The molecule has 5 rings (SSSR count). The highest BCUT2D eigenvalue weighted by Gasteiger charge is 2.15. The molecular weight excluding hydrogens is 366 g/mol. The van der Waals surface area contributed by atoms with Gasteiger partial charge in [0, 0.05) is 43.5 Å². The highest BCUT2D eigenvalue weighted by Crippen LogP contribution is 2.25. The van der Waals surface area contributed by atoms with Crippen LogP contribution in [0.4, 0.5) is 5.82 Å². The Morgan fingerprint density at radius 1 is 0.862 bits per heavy atom. The Bertz CT molecular complexity index is 1110. The third-order valence-electron chi connectivity index (χ3n) is 4.78. The molecule has 1 aromatic carbocycles. The topological polar surface area (TPSA) is 92.9 Å². The van der Waals surface area contributed by atoms with Gasteiger partial charge in [-0.15, -0.1) is 10.2 Å². The number of aromatic nitrogens is 5. The number of nitrogens with one attached hydrogen (secondary N) is 1. The van der Waals surface area contributed by atoms with Crippen LogP contribution in [0, 0.1) is 0 Å². The fourth-order valence-electron chi connectivity index (χ4n) is 3.28. The Kier molecular flexibility index (Phi) is 4.67. The first-order valence-electron chi connectivity index (χ1n) is 9.50. The fourth-order valence-corrected chi connectivity index (χ4v) is 3.28. The van der Waals surface area contributed by atoms with Crippen LogP contribution in [0.15, 0.2) is 65.5 Å². The van der Waals surface area contributed by atoms with E-state index in [0.717, 1.165) is 48.8 Å². The van der Waals surface area contributed by atoms with E-state index in [1.807, 2.05) is 42.5 Å². The molecule has 4 aromatic rings. The summed E-state index contributed by atoms with van der Waals surface area (Å²) >= 11 is 0. The Morgan fingerprint density at radius 2 is 1.66 bits per heavy atom. The minimum Gasteiger partial charge on any atom is -0.415 e. The maximum atomic E-state index is 5.81. The molecule has 0 unspecified atom stereocenters. The summed E-state index contributed by atoms with van der Waals surface area (Å²) in [6.45, 7) is 3.79. The summed E-state index contributed by atoms with van der Waals surface area (Å²) in [5.74, 6) is 1.74. The van der Waals surface area contributed by atoms with E-state index in [2.05, 4.69) is 35.4 Å². The first kappa shape index (κ1) is 17.4. The van der Waals surface area contributed by atoms with Crippen LogP contribution in [0.1, 0.15) is 0 Å². The highest BCUT2D eigenvalue weighted by molar-refractivity contribution is 5.65. The number of piperazine rings is 1. The van der Waals surface area contributed by atoms with E-state index in [4.69, 9.17) is 4.42 Å². The first-order valence-corrected chi connectivity index (χ1v) is 9.50. The Labute approximate surface area is 167 Å².